The number of nitrogens with zero attached hydrogens (tertiary/aromatic N) is 4. The van der Waals surface area contributed by atoms with Crippen molar-refractivity contribution >= 4 is 17.5 Å². The molecule has 1 atom stereocenters. The second-order valence-electron chi connectivity index (χ2n) is 5.42. The van der Waals surface area contributed by atoms with Crippen LogP contribution in [0.5, 0.6) is 5.88 Å². The number of carbonyl (C=O) groups excluding carboxylic acids is 1. The Morgan fingerprint density at radius 2 is 2.24 bits per heavy atom. The second-order valence-corrected chi connectivity index (χ2v) is 5.83. The largest absolute Gasteiger partial charge is 0.467 e. The number of carbonyl (C=O) groups is 1. The molecule has 0 radical (unpaired) electrons. The molecule has 0 aromatic carbocycles. The maximum atomic E-state index is 12.3. The van der Waals surface area contributed by atoms with Gasteiger partial charge in [0, 0.05) is 12.7 Å². The van der Waals surface area contributed by atoms with Crippen LogP contribution in [-0.4, -0.2) is 38.4 Å². The predicted octanol–water partition coefficient (Wildman–Crippen LogP) is 2.53. The SMILES string of the molecule is O=C(NC1CCCn2ncnc21)c1cnc(OCC(F)(F)F)c(Cl)c1. The Balaban J connectivity index is 1.68. The highest BCUT2D eigenvalue weighted by atomic mass is 35.5. The zero-order valence-electron chi connectivity index (χ0n) is 12.8. The molecule has 3 rings (SSSR count). The van der Waals surface area contributed by atoms with Crippen LogP contribution in [0.25, 0.3) is 0 Å². The third-order valence-electron chi connectivity index (χ3n) is 3.57. The molecule has 1 amide bonds. The fourth-order valence-corrected chi connectivity index (χ4v) is 2.69. The summed E-state index contributed by atoms with van der Waals surface area (Å²) in [7, 11) is 0. The number of nitrogens with one attached hydrogen (secondary N) is 1. The lowest BCUT2D eigenvalue weighted by atomic mass is 10.1. The molecule has 1 aliphatic heterocycles. The van der Waals surface area contributed by atoms with Gasteiger partial charge in [-0.2, -0.15) is 18.3 Å². The second kappa shape index (κ2) is 6.87. The Morgan fingerprint density at radius 3 is 2.96 bits per heavy atom. The minimum absolute atomic E-state index is 0.112. The molecular formula is C14H13ClF3N5O2. The number of alkyl halides is 3. The van der Waals surface area contributed by atoms with Gasteiger partial charge in [-0.15, -0.1) is 0 Å². The van der Waals surface area contributed by atoms with Crippen LogP contribution >= 0.6 is 11.6 Å². The number of hydrogen-bond acceptors (Lipinski definition) is 5. The summed E-state index contributed by atoms with van der Waals surface area (Å²) in [4.78, 5) is 20.2. The summed E-state index contributed by atoms with van der Waals surface area (Å²) in [6.07, 6.45) is -0.424. The van der Waals surface area contributed by atoms with Crippen LogP contribution in [0.15, 0.2) is 18.6 Å². The Morgan fingerprint density at radius 1 is 1.44 bits per heavy atom. The molecule has 134 valence electrons. The van der Waals surface area contributed by atoms with E-state index in [0.717, 1.165) is 19.2 Å². The van der Waals surface area contributed by atoms with Gasteiger partial charge in [0.15, 0.2) is 6.61 Å². The minimum atomic E-state index is -4.50. The molecule has 0 saturated heterocycles. The van der Waals surface area contributed by atoms with E-state index in [1.54, 1.807) is 4.68 Å². The Bertz CT molecular complexity index is 780. The molecule has 11 heteroatoms. The molecule has 1 unspecified atom stereocenters. The summed E-state index contributed by atoms with van der Waals surface area (Å²) in [5.41, 5.74) is 0.112. The molecule has 0 bridgehead atoms. The zero-order chi connectivity index (χ0) is 18.0. The molecule has 2 aromatic heterocycles. The highest BCUT2D eigenvalue weighted by Gasteiger charge is 2.29. The van der Waals surface area contributed by atoms with Crippen molar-refractivity contribution in [2.75, 3.05) is 6.61 Å². The van der Waals surface area contributed by atoms with Crippen LogP contribution in [-0.2, 0) is 6.54 Å². The van der Waals surface area contributed by atoms with E-state index >= 15 is 0 Å². The van der Waals surface area contributed by atoms with E-state index in [-0.39, 0.29) is 22.5 Å². The molecule has 0 aliphatic carbocycles. The average Bonchev–Trinajstić information content (AvgIpc) is 3.02. The van der Waals surface area contributed by atoms with Gasteiger partial charge in [0.05, 0.1) is 11.6 Å². The number of fused-ring (bicyclic) bond motifs is 1. The van der Waals surface area contributed by atoms with Crippen molar-refractivity contribution in [1.82, 2.24) is 25.1 Å². The molecule has 7 nitrogen and oxygen atoms in total. The van der Waals surface area contributed by atoms with Gasteiger partial charge in [-0.05, 0) is 18.9 Å². The number of pyridine rings is 1. The zero-order valence-corrected chi connectivity index (χ0v) is 13.5. The van der Waals surface area contributed by atoms with Crippen LogP contribution < -0.4 is 10.1 Å². The molecule has 1 aliphatic rings. The smallest absolute Gasteiger partial charge is 0.422 e. The highest BCUT2D eigenvalue weighted by Crippen LogP contribution is 2.26. The van der Waals surface area contributed by atoms with Crippen LogP contribution in [0.2, 0.25) is 5.02 Å². The van der Waals surface area contributed by atoms with E-state index in [1.165, 1.54) is 12.4 Å². The minimum Gasteiger partial charge on any atom is -0.467 e. The van der Waals surface area contributed by atoms with Crippen molar-refractivity contribution < 1.29 is 22.7 Å². The summed E-state index contributed by atoms with van der Waals surface area (Å²) in [5, 5.41) is 6.69. The van der Waals surface area contributed by atoms with Gasteiger partial charge in [0.2, 0.25) is 5.88 Å². The Labute approximate surface area is 145 Å². The number of ether oxygens (including phenoxy) is 1. The fraction of sp³-hybridized carbons (Fsp3) is 0.429. The van der Waals surface area contributed by atoms with Crippen LogP contribution in [0.3, 0.4) is 0 Å². The Hall–Kier alpha value is -2.36. The average molecular weight is 376 g/mol. The van der Waals surface area contributed by atoms with Gasteiger partial charge in [0.1, 0.15) is 17.2 Å². The summed E-state index contributed by atoms with van der Waals surface area (Å²) in [6.45, 7) is -0.774. The summed E-state index contributed by atoms with van der Waals surface area (Å²) < 4.78 is 42.7. The molecule has 25 heavy (non-hydrogen) atoms. The van der Waals surface area contributed by atoms with Gasteiger partial charge >= 0.3 is 6.18 Å². The maximum absolute atomic E-state index is 12.3. The first-order chi connectivity index (χ1) is 11.8. The third kappa shape index (κ3) is 4.19. The van der Waals surface area contributed by atoms with Crippen molar-refractivity contribution in [3.8, 4) is 5.88 Å². The van der Waals surface area contributed by atoms with E-state index < -0.39 is 18.7 Å². The normalized spacial score (nSPS) is 17.0. The number of aryl methyl sites for hydroxylation is 1. The van der Waals surface area contributed by atoms with Crippen LogP contribution in [0.1, 0.15) is 35.1 Å². The lowest BCUT2D eigenvalue weighted by Crippen LogP contribution is -2.33. The number of hydrogen-bond donors (Lipinski definition) is 1. The molecule has 0 fully saturated rings. The van der Waals surface area contributed by atoms with Gasteiger partial charge in [-0.25, -0.2) is 14.6 Å². The summed E-state index contributed by atoms with van der Waals surface area (Å²) in [6, 6.07) is 0.909. The first-order valence-corrected chi connectivity index (χ1v) is 7.75. The lowest BCUT2D eigenvalue weighted by molar-refractivity contribution is -0.154. The molecule has 1 N–H and O–H groups in total. The number of rotatable bonds is 4. The molecule has 0 saturated carbocycles. The summed E-state index contributed by atoms with van der Waals surface area (Å²) in [5.74, 6) is -0.185. The predicted molar refractivity (Wildman–Crippen MR) is 80.3 cm³/mol. The van der Waals surface area contributed by atoms with E-state index in [0.29, 0.717) is 12.2 Å². The number of amides is 1. The van der Waals surface area contributed by atoms with Crippen molar-refractivity contribution in [1.29, 1.82) is 0 Å². The Kier molecular flexibility index (Phi) is 4.80. The van der Waals surface area contributed by atoms with E-state index in [2.05, 4.69) is 25.1 Å². The lowest BCUT2D eigenvalue weighted by Gasteiger charge is -2.23. The van der Waals surface area contributed by atoms with Crippen molar-refractivity contribution in [2.24, 2.45) is 0 Å². The number of halogens is 4. The fourth-order valence-electron chi connectivity index (χ4n) is 2.47. The molecule has 2 aromatic rings. The first kappa shape index (κ1) is 17.5. The van der Waals surface area contributed by atoms with Crippen molar-refractivity contribution in [2.45, 2.75) is 31.6 Å². The van der Waals surface area contributed by atoms with E-state index in [1.807, 2.05) is 0 Å². The third-order valence-corrected chi connectivity index (χ3v) is 3.84. The van der Waals surface area contributed by atoms with E-state index in [9.17, 15) is 18.0 Å². The monoisotopic (exact) mass is 375 g/mol. The number of aromatic nitrogens is 4. The van der Waals surface area contributed by atoms with Crippen LogP contribution in [0, 0.1) is 0 Å². The van der Waals surface area contributed by atoms with Gasteiger partial charge < -0.3 is 10.1 Å². The van der Waals surface area contributed by atoms with Gasteiger partial charge in [-0.1, -0.05) is 11.6 Å². The van der Waals surface area contributed by atoms with Crippen molar-refractivity contribution in [3.05, 3.63) is 35.0 Å². The molecule has 3 heterocycles. The maximum Gasteiger partial charge on any atom is 0.422 e. The molecule has 0 spiro atoms. The van der Waals surface area contributed by atoms with E-state index in [4.69, 9.17) is 11.6 Å². The van der Waals surface area contributed by atoms with Gasteiger partial charge in [-0.3, -0.25) is 4.79 Å². The summed E-state index contributed by atoms with van der Waals surface area (Å²) >= 11 is 5.85. The molecular weight excluding hydrogens is 363 g/mol. The topological polar surface area (TPSA) is 81.9 Å². The van der Waals surface area contributed by atoms with Gasteiger partial charge in [0.25, 0.3) is 5.91 Å². The van der Waals surface area contributed by atoms with Crippen molar-refractivity contribution in [3.63, 3.8) is 0 Å². The first-order valence-electron chi connectivity index (χ1n) is 7.37. The highest BCUT2D eigenvalue weighted by molar-refractivity contribution is 6.32. The standard InChI is InChI=1S/C14H13ClF3N5O2/c15-9-4-8(5-19-13(9)25-6-14(16,17)18)12(24)22-10-2-1-3-23-11(10)20-7-21-23/h4-5,7,10H,1-3,6H2,(H,22,24). The van der Waals surface area contributed by atoms with Crippen LogP contribution in [0.4, 0.5) is 13.2 Å². The quantitative estimate of drug-likeness (QED) is 0.888.